The van der Waals surface area contributed by atoms with E-state index in [0.717, 1.165) is 82.5 Å². The van der Waals surface area contributed by atoms with Gasteiger partial charge in [0.05, 0.1) is 22.8 Å². The molecule has 2 aromatic heterocycles. The molecule has 7 rings (SSSR count). The van der Waals surface area contributed by atoms with E-state index >= 15 is 0 Å². The lowest BCUT2D eigenvalue weighted by Gasteiger charge is -2.48. The third-order valence-electron chi connectivity index (χ3n) is 10.6. The second-order valence-electron chi connectivity index (χ2n) is 15.7. The molecular formula is C41H49ClFN5O3. The van der Waals surface area contributed by atoms with E-state index < -0.39 is 5.60 Å². The number of hydrogen-bond acceptors (Lipinski definition) is 6. The van der Waals surface area contributed by atoms with Crippen molar-refractivity contribution in [1.29, 1.82) is 0 Å². The van der Waals surface area contributed by atoms with Crippen molar-refractivity contribution >= 4 is 39.2 Å². The van der Waals surface area contributed by atoms with Crippen LogP contribution in [0.2, 0.25) is 5.02 Å². The number of aromatic nitrogens is 3. The summed E-state index contributed by atoms with van der Waals surface area (Å²) in [6, 6.07) is 14.4. The summed E-state index contributed by atoms with van der Waals surface area (Å²) in [4.78, 5) is 19.3. The lowest BCUT2D eigenvalue weighted by molar-refractivity contribution is 0.00287. The molecule has 51 heavy (non-hydrogen) atoms. The van der Waals surface area contributed by atoms with Gasteiger partial charge in [0.25, 0.3) is 0 Å². The van der Waals surface area contributed by atoms with Crippen molar-refractivity contribution in [1.82, 2.24) is 24.1 Å². The zero-order valence-corrected chi connectivity index (χ0v) is 31.7. The molecule has 0 radical (unpaired) electrons. The van der Waals surface area contributed by atoms with Crippen LogP contribution in [0.4, 0.5) is 4.39 Å². The summed E-state index contributed by atoms with van der Waals surface area (Å²) in [5.41, 5.74) is 5.91. The number of benzene rings is 3. The van der Waals surface area contributed by atoms with Gasteiger partial charge in [-0.25, -0.2) is 9.18 Å². The molecule has 2 fully saturated rings. The Bertz CT molecular complexity index is 2120. The zero-order chi connectivity index (χ0) is 36.2. The van der Waals surface area contributed by atoms with Crippen LogP contribution in [0.15, 0.2) is 48.5 Å². The van der Waals surface area contributed by atoms with Crippen molar-refractivity contribution in [2.75, 3.05) is 46.4 Å². The Morgan fingerprint density at radius 3 is 2.45 bits per heavy atom. The molecule has 0 amide bonds. The van der Waals surface area contributed by atoms with Gasteiger partial charge in [-0.2, -0.15) is 5.10 Å². The van der Waals surface area contributed by atoms with E-state index in [0.29, 0.717) is 47.9 Å². The van der Waals surface area contributed by atoms with E-state index in [2.05, 4.69) is 34.4 Å². The number of fused-ring (bicyclic) bond motifs is 2. The molecule has 0 aliphatic carbocycles. The van der Waals surface area contributed by atoms with Crippen molar-refractivity contribution in [2.24, 2.45) is 12.5 Å². The standard InChI is InChI=1S/C41H49ClFN5O3/c1-26-35(27(2)46(7)44-26)36-33(42)16-15-32-31(11-9-21-50-34-12-8-10-28-22-29(43)13-14-30(28)34)38(39(49)51-40(3,4)5)48(37(32)36)20-19-47-24-41(25-47)17-18-45(6)23-41/h8,10,12-16,22H,9,11,17-21,23-25H2,1-7H3. The van der Waals surface area contributed by atoms with Gasteiger partial charge in [-0.15, -0.1) is 0 Å². The normalized spacial score (nSPS) is 16.4. The molecule has 270 valence electrons. The number of hydrogen-bond donors (Lipinski definition) is 0. The van der Waals surface area contributed by atoms with Crippen LogP contribution in [0.1, 0.15) is 61.1 Å². The summed E-state index contributed by atoms with van der Waals surface area (Å²) in [6.07, 6.45) is 2.47. The molecular weight excluding hydrogens is 665 g/mol. The van der Waals surface area contributed by atoms with E-state index in [1.165, 1.54) is 18.6 Å². The Labute approximate surface area is 305 Å². The first-order valence-corrected chi connectivity index (χ1v) is 18.4. The van der Waals surface area contributed by atoms with Gasteiger partial charge in [0, 0.05) is 72.8 Å². The summed E-state index contributed by atoms with van der Waals surface area (Å²) < 4.78 is 30.4. The number of halogens is 2. The molecule has 10 heteroatoms. The minimum absolute atomic E-state index is 0.276. The number of likely N-dealkylation sites (tertiary alicyclic amines) is 2. The van der Waals surface area contributed by atoms with Crippen molar-refractivity contribution in [3.05, 3.63) is 82.0 Å². The number of nitrogens with zero attached hydrogens (tertiary/aromatic N) is 5. The summed E-state index contributed by atoms with van der Waals surface area (Å²) >= 11 is 7.13. The monoisotopic (exact) mass is 713 g/mol. The Hall–Kier alpha value is -3.92. The molecule has 2 saturated heterocycles. The van der Waals surface area contributed by atoms with Crippen LogP contribution in [0.5, 0.6) is 5.75 Å². The Kier molecular flexibility index (Phi) is 9.44. The lowest BCUT2D eigenvalue weighted by atomic mass is 9.79. The van der Waals surface area contributed by atoms with Crippen molar-refractivity contribution in [2.45, 2.75) is 66.0 Å². The maximum Gasteiger partial charge on any atom is 0.355 e. The van der Waals surface area contributed by atoms with E-state index in [1.807, 2.05) is 63.7 Å². The lowest BCUT2D eigenvalue weighted by Crippen LogP contribution is -2.57. The van der Waals surface area contributed by atoms with Crippen LogP contribution >= 0.6 is 11.6 Å². The summed E-state index contributed by atoms with van der Waals surface area (Å²) in [5, 5.41) is 8.00. The predicted octanol–water partition coefficient (Wildman–Crippen LogP) is 8.21. The fourth-order valence-electron chi connectivity index (χ4n) is 8.40. The van der Waals surface area contributed by atoms with Gasteiger partial charge in [0.1, 0.15) is 22.9 Å². The first kappa shape index (κ1) is 35.5. The molecule has 0 bridgehead atoms. The molecule has 0 unspecified atom stereocenters. The minimum atomic E-state index is -0.679. The summed E-state index contributed by atoms with van der Waals surface area (Å²) in [5.74, 6) is 0.0891. The third-order valence-corrected chi connectivity index (χ3v) is 11.0. The van der Waals surface area contributed by atoms with Crippen molar-refractivity contribution < 1.29 is 18.7 Å². The molecule has 3 aromatic carbocycles. The quantitative estimate of drug-likeness (QED) is 0.107. The first-order valence-electron chi connectivity index (χ1n) is 18.0. The molecule has 8 nitrogen and oxygen atoms in total. The van der Waals surface area contributed by atoms with Crippen LogP contribution in [-0.2, 0) is 24.8 Å². The molecule has 0 atom stereocenters. The van der Waals surface area contributed by atoms with Gasteiger partial charge in [-0.3, -0.25) is 4.68 Å². The molecule has 1 spiro atoms. The summed E-state index contributed by atoms with van der Waals surface area (Å²) in [7, 11) is 4.16. The predicted molar refractivity (Wildman–Crippen MR) is 203 cm³/mol. The minimum Gasteiger partial charge on any atom is -0.493 e. The van der Waals surface area contributed by atoms with Crippen LogP contribution in [0.3, 0.4) is 0 Å². The average molecular weight is 714 g/mol. The molecule has 0 saturated carbocycles. The highest BCUT2D eigenvalue weighted by atomic mass is 35.5. The fourth-order valence-corrected chi connectivity index (χ4v) is 8.65. The van der Waals surface area contributed by atoms with E-state index in [4.69, 9.17) is 26.2 Å². The zero-order valence-electron chi connectivity index (χ0n) is 30.9. The number of esters is 1. The van der Waals surface area contributed by atoms with Gasteiger partial charge >= 0.3 is 5.97 Å². The Morgan fingerprint density at radius 1 is 1.00 bits per heavy atom. The topological polar surface area (TPSA) is 64.8 Å². The molecule has 2 aliphatic heterocycles. The second-order valence-corrected chi connectivity index (χ2v) is 16.1. The highest BCUT2D eigenvalue weighted by Crippen LogP contribution is 2.43. The van der Waals surface area contributed by atoms with Crippen molar-refractivity contribution in [3.63, 3.8) is 0 Å². The summed E-state index contributed by atoms with van der Waals surface area (Å²) in [6.45, 7) is 16.1. The van der Waals surface area contributed by atoms with Crippen LogP contribution < -0.4 is 4.74 Å². The van der Waals surface area contributed by atoms with Crippen LogP contribution in [0, 0.1) is 25.1 Å². The molecule has 4 heterocycles. The molecule has 5 aromatic rings. The van der Waals surface area contributed by atoms with E-state index in [-0.39, 0.29) is 11.8 Å². The second kappa shape index (κ2) is 13.6. The van der Waals surface area contributed by atoms with E-state index in [9.17, 15) is 9.18 Å². The average Bonchev–Trinajstić information content (AvgIpc) is 3.67. The van der Waals surface area contributed by atoms with Gasteiger partial charge in [0.15, 0.2) is 0 Å². The van der Waals surface area contributed by atoms with Crippen LogP contribution in [0.25, 0.3) is 32.8 Å². The Balaban J connectivity index is 1.28. The molecule has 0 N–H and O–H groups in total. The number of carbonyl (C=O) groups is 1. The van der Waals surface area contributed by atoms with Gasteiger partial charge in [-0.1, -0.05) is 29.8 Å². The molecule has 2 aliphatic rings. The fraction of sp³-hybridized carbons (Fsp3) is 0.463. The maximum atomic E-state index is 14.4. The van der Waals surface area contributed by atoms with Gasteiger partial charge < -0.3 is 23.8 Å². The van der Waals surface area contributed by atoms with Gasteiger partial charge in [-0.05, 0) is 109 Å². The number of carbonyl (C=O) groups excluding carboxylic acids is 1. The number of rotatable bonds is 10. The van der Waals surface area contributed by atoms with Crippen LogP contribution in [-0.4, -0.2) is 82.1 Å². The highest BCUT2D eigenvalue weighted by Gasteiger charge is 2.46. The highest BCUT2D eigenvalue weighted by molar-refractivity contribution is 6.35. The third kappa shape index (κ3) is 6.88. The largest absolute Gasteiger partial charge is 0.493 e. The SMILES string of the molecule is Cc1nn(C)c(C)c1-c1c(Cl)ccc2c(CCCOc3cccc4cc(F)ccc34)c(C(=O)OC(C)(C)C)n(CCN3CC4(CCN(C)C4)C3)c12. The maximum absolute atomic E-state index is 14.4. The number of ether oxygens (including phenoxy) is 2. The van der Waals surface area contributed by atoms with E-state index in [1.54, 1.807) is 6.07 Å². The van der Waals surface area contributed by atoms with Crippen molar-refractivity contribution in [3.8, 4) is 16.9 Å². The van der Waals surface area contributed by atoms with Gasteiger partial charge in [0.2, 0.25) is 0 Å². The Morgan fingerprint density at radius 2 is 1.76 bits per heavy atom. The number of aryl methyl sites for hydroxylation is 3. The smallest absolute Gasteiger partial charge is 0.355 e. The first-order chi connectivity index (χ1) is 24.2.